The average molecular weight is 551 g/mol. The Hall–Kier alpha value is -2.86. The maximum Gasteiger partial charge on any atom is 0.262 e. The number of hydrogen-bond acceptors (Lipinski definition) is 8. The molecular formula is C25H31ClN4O6S. The molecule has 2 aromatic rings. The summed E-state index contributed by atoms with van der Waals surface area (Å²) in [5.41, 5.74) is 6.96. The summed E-state index contributed by atoms with van der Waals surface area (Å²) in [6.07, 6.45) is 3.03. The van der Waals surface area contributed by atoms with Crippen LogP contribution in [0.5, 0.6) is 11.5 Å². The molecule has 0 saturated carbocycles. The first-order chi connectivity index (χ1) is 17.7. The summed E-state index contributed by atoms with van der Waals surface area (Å²) < 4.78 is 38.6. The smallest absolute Gasteiger partial charge is 0.262 e. The van der Waals surface area contributed by atoms with Crippen LogP contribution in [0.2, 0.25) is 5.02 Å². The number of rotatable bonds is 10. The molecule has 0 atom stereocenters. The monoisotopic (exact) mass is 550 g/mol. The van der Waals surface area contributed by atoms with E-state index in [2.05, 4.69) is 14.9 Å². The zero-order valence-corrected chi connectivity index (χ0v) is 22.2. The number of ketones is 1. The van der Waals surface area contributed by atoms with E-state index in [0.29, 0.717) is 52.3 Å². The van der Waals surface area contributed by atoms with E-state index in [-0.39, 0.29) is 29.7 Å². The number of nitrogens with one attached hydrogen (secondary N) is 2. The number of halogens is 1. The van der Waals surface area contributed by atoms with Crippen LogP contribution in [0.3, 0.4) is 0 Å². The molecule has 1 fully saturated rings. The van der Waals surface area contributed by atoms with Crippen LogP contribution in [0.1, 0.15) is 36.0 Å². The van der Waals surface area contributed by atoms with Gasteiger partial charge in [-0.15, -0.1) is 0 Å². The van der Waals surface area contributed by atoms with E-state index in [1.807, 2.05) is 0 Å². The van der Waals surface area contributed by atoms with Gasteiger partial charge in [0.25, 0.3) is 5.91 Å². The van der Waals surface area contributed by atoms with Crippen LogP contribution in [0, 0.1) is 5.92 Å². The number of carbonyl (C=O) groups is 2. The van der Waals surface area contributed by atoms with Crippen molar-refractivity contribution in [2.75, 3.05) is 50.9 Å². The predicted octanol–water partition coefficient (Wildman–Crippen LogP) is 2.92. The molecule has 0 aliphatic carbocycles. The van der Waals surface area contributed by atoms with Crippen molar-refractivity contribution in [3.05, 3.63) is 40.9 Å². The molecule has 2 aliphatic heterocycles. The molecule has 0 radical (unpaired) electrons. The number of likely N-dealkylation sites (tertiary alicyclic amines) is 1. The largest absolute Gasteiger partial charge is 0.496 e. The number of hydrogen-bond donors (Lipinski definition) is 3. The number of nitrogens with two attached hydrogens (primary N) is 1. The number of ether oxygens (including phenoxy) is 2. The Labute approximate surface area is 221 Å². The lowest BCUT2D eigenvalue weighted by Crippen LogP contribution is -2.39. The summed E-state index contributed by atoms with van der Waals surface area (Å²) in [7, 11) is -2.23. The normalized spacial score (nSPS) is 16.5. The van der Waals surface area contributed by atoms with E-state index in [9.17, 15) is 18.0 Å². The van der Waals surface area contributed by atoms with E-state index >= 15 is 0 Å². The summed E-state index contributed by atoms with van der Waals surface area (Å²) in [4.78, 5) is 26.6. The minimum Gasteiger partial charge on any atom is -0.496 e. The lowest BCUT2D eigenvalue weighted by Gasteiger charge is -2.31. The molecule has 0 aromatic heterocycles. The van der Waals surface area contributed by atoms with Crippen molar-refractivity contribution in [3.8, 4) is 11.5 Å². The highest BCUT2D eigenvalue weighted by Crippen LogP contribution is 2.32. The van der Waals surface area contributed by atoms with Crippen molar-refractivity contribution in [3.63, 3.8) is 0 Å². The molecule has 1 amide bonds. The number of benzene rings is 2. The summed E-state index contributed by atoms with van der Waals surface area (Å²) >= 11 is 6.09. The molecule has 12 heteroatoms. The third kappa shape index (κ3) is 6.72. The number of sulfonamides is 1. The second-order valence-electron chi connectivity index (χ2n) is 9.21. The second kappa shape index (κ2) is 11.7. The molecule has 2 heterocycles. The minimum atomic E-state index is -3.73. The Morgan fingerprint density at radius 2 is 2.03 bits per heavy atom. The molecule has 4 rings (SSSR count). The molecule has 1 saturated heterocycles. The van der Waals surface area contributed by atoms with E-state index in [1.165, 1.54) is 25.3 Å². The lowest BCUT2D eigenvalue weighted by atomic mass is 9.90. The van der Waals surface area contributed by atoms with Gasteiger partial charge in [0.15, 0.2) is 12.4 Å². The number of nitrogen functional groups attached to an aromatic ring is 1. The first kappa shape index (κ1) is 27.2. The Morgan fingerprint density at radius 3 is 2.76 bits per heavy atom. The average Bonchev–Trinajstić information content (AvgIpc) is 2.88. The lowest BCUT2D eigenvalue weighted by molar-refractivity contribution is -0.118. The van der Waals surface area contributed by atoms with Gasteiger partial charge in [-0.1, -0.05) is 11.6 Å². The third-order valence-corrected chi connectivity index (χ3v) is 8.51. The highest BCUT2D eigenvalue weighted by molar-refractivity contribution is 7.89. The van der Waals surface area contributed by atoms with Crippen molar-refractivity contribution in [2.45, 2.75) is 30.6 Å². The number of carbonyl (C=O) groups excluding carboxylic acids is 2. The van der Waals surface area contributed by atoms with Crippen LogP contribution in [0.15, 0.2) is 35.2 Å². The first-order valence-corrected chi connectivity index (χ1v) is 14.0. The molecule has 0 spiro atoms. The molecular weight excluding hydrogens is 520 g/mol. The standard InChI is InChI=1S/C25H31ClN4O6S/c1-35-24-14-20(27)19(26)13-18(24)22(31)4-2-16-6-9-30(10-7-16)11-8-28-37(33,34)17-3-5-23-21(12-17)29-25(32)15-36-23/h3,5,12-14,16,28H,2,4,6-11,15,27H2,1H3,(H,29,32). The topological polar surface area (TPSA) is 140 Å². The first-order valence-electron chi connectivity index (χ1n) is 12.1. The number of amides is 1. The molecule has 2 aliphatic rings. The van der Waals surface area contributed by atoms with Crippen LogP contribution in [-0.2, 0) is 14.8 Å². The maximum absolute atomic E-state index is 12.8. The number of piperidine rings is 1. The zero-order valence-electron chi connectivity index (χ0n) is 20.6. The van der Waals surface area contributed by atoms with Crippen LogP contribution in [0.25, 0.3) is 0 Å². The molecule has 0 bridgehead atoms. The number of Topliss-reactive ketones (excluding diaryl/α,β-unsaturated/α-hetero) is 1. The fourth-order valence-corrected chi connectivity index (χ4v) is 5.79. The van der Waals surface area contributed by atoms with Gasteiger partial charge in [-0.25, -0.2) is 13.1 Å². The van der Waals surface area contributed by atoms with Gasteiger partial charge >= 0.3 is 0 Å². The van der Waals surface area contributed by atoms with Gasteiger partial charge in [-0.2, -0.15) is 0 Å². The van der Waals surface area contributed by atoms with Gasteiger partial charge in [0.05, 0.1) is 34.0 Å². The highest BCUT2D eigenvalue weighted by atomic mass is 35.5. The van der Waals surface area contributed by atoms with Gasteiger partial charge in [0.2, 0.25) is 10.0 Å². The number of methoxy groups -OCH3 is 1. The quantitative estimate of drug-likeness (QED) is 0.303. The Morgan fingerprint density at radius 1 is 1.27 bits per heavy atom. The van der Waals surface area contributed by atoms with Crippen LogP contribution < -0.4 is 25.2 Å². The zero-order chi connectivity index (χ0) is 26.6. The van der Waals surface area contributed by atoms with Gasteiger partial charge in [-0.3, -0.25) is 9.59 Å². The van der Waals surface area contributed by atoms with Crippen molar-refractivity contribution in [1.82, 2.24) is 9.62 Å². The van der Waals surface area contributed by atoms with Gasteiger partial charge in [-0.05, 0) is 62.5 Å². The fraction of sp³-hybridized carbons (Fsp3) is 0.440. The van der Waals surface area contributed by atoms with E-state index < -0.39 is 10.0 Å². The predicted molar refractivity (Wildman–Crippen MR) is 141 cm³/mol. The fourth-order valence-electron chi connectivity index (χ4n) is 4.58. The Balaban J connectivity index is 1.21. The maximum atomic E-state index is 12.8. The third-order valence-electron chi connectivity index (χ3n) is 6.72. The number of nitrogens with zero attached hydrogens (tertiary/aromatic N) is 1. The Bertz CT molecular complexity index is 1280. The van der Waals surface area contributed by atoms with Crippen molar-refractivity contribution in [1.29, 1.82) is 0 Å². The summed E-state index contributed by atoms with van der Waals surface area (Å²) in [5.74, 6) is 0.943. The summed E-state index contributed by atoms with van der Waals surface area (Å²) in [6.45, 7) is 2.43. The highest BCUT2D eigenvalue weighted by Gasteiger charge is 2.23. The number of fused-ring (bicyclic) bond motifs is 1. The molecule has 37 heavy (non-hydrogen) atoms. The van der Waals surface area contributed by atoms with Crippen LogP contribution in [0.4, 0.5) is 11.4 Å². The molecule has 200 valence electrons. The second-order valence-corrected chi connectivity index (χ2v) is 11.4. The SMILES string of the molecule is COc1cc(N)c(Cl)cc1C(=O)CCC1CCN(CCNS(=O)(=O)c2ccc3c(c2)NC(=O)CO3)CC1. The summed E-state index contributed by atoms with van der Waals surface area (Å²) in [6, 6.07) is 7.53. The molecule has 4 N–H and O–H groups in total. The molecule has 10 nitrogen and oxygen atoms in total. The van der Waals surface area contributed by atoms with Crippen LogP contribution >= 0.6 is 11.6 Å². The molecule has 2 aromatic carbocycles. The molecule has 0 unspecified atom stereocenters. The summed E-state index contributed by atoms with van der Waals surface area (Å²) in [5, 5.41) is 2.95. The Kier molecular flexibility index (Phi) is 8.58. The number of anilines is 2. The van der Waals surface area contributed by atoms with Crippen molar-refractivity contribution < 1.29 is 27.5 Å². The van der Waals surface area contributed by atoms with E-state index in [1.54, 1.807) is 12.1 Å². The van der Waals surface area contributed by atoms with Crippen molar-refractivity contribution >= 4 is 44.7 Å². The van der Waals surface area contributed by atoms with E-state index in [0.717, 1.165) is 32.4 Å². The van der Waals surface area contributed by atoms with E-state index in [4.69, 9.17) is 26.8 Å². The van der Waals surface area contributed by atoms with Gasteiger partial charge < -0.3 is 25.4 Å². The van der Waals surface area contributed by atoms with Crippen molar-refractivity contribution in [2.24, 2.45) is 5.92 Å². The van der Waals surface area contributed by atoms with Crippen LogP contribution in [-0.4, -0.2) is 64.9 Å². The minimum absolute atomic E-state index is 0.0242. The van der Waals surface area contributed by atoms with Gasteiger partial charge in [0, 0.05) is 25.6 Å². The van der Waals surface area contributed by atoms with Gasteiger partial charge in [0.1, 0.15) is 11.5 Å².